The highest BCUT2D eigenvalue weighted by atomic mass is 16.5. The summed E-state index contributed by atoms with van der Waals surface area (Å²) in [6, 6.07) is 0. The molecule has 0 aliphatic carbocycles. The summed E-state index contributed by atoms with van der Waals surface area (Å²) in [5, 5.41) is 5.08. The number of hydrazine groups is 1. The van der Waals surface area contributed by atoms with Crippen LogP contribution >= 0.6 is 0 Å². The van der Waals surface area contributed by atoms with E-state index in [4.69, 9.17) is 10.5 Å². The number of rotatable bonds is 1. The first-order valence-corrected chi connectivity index (χ1v) is 3.47. The molecule has 0 radical (unpaired) electrons. The number of ether oxygens (including phenoxy) is 1. The van der Waals surface area contributed by atoms with Crippen LogP contribution < -0.4 is 10.8 Å². The van der Waals surface area contributed by atoms with Crippen LogP contribution in [0.1, 0.15) is 6.92 Å². The molecule has 0 amide bonds. The van der Waals surface area contributed by atoms with Crippen LogP contribution in [0.4, 0.5) is 0 Å². The van der Waals surface area contributed by atoms with Gasteiger partial charge in [0.1, 0.15) is 0 Å². The molecule has 1 saturated heterocycles. The zero-order valence-electron chi connectivity index (χ0n) is 6.26. The lowest BCUT2D eigenvalue weighted by molar-refractivity contribution is -0.650. The number of amidine groups is 1. The minimum atomic E-state index is 0.738. The molecule has 4 heteroatoms. The third-order valence-corrected chi connectivity index (χ3v) is 1.35. The van der Waals surface area contributed by atoms with Crippen molar-refractivity contribution in [2.75, 3.05) is 26.3 Å². The molecule has 0 aromatic rings. The lowest BCUT2D eigenvalue weighted by Crippen LogP contribution is -2.86. The maximum atomic E-state index is 5.45. The van der Waals surface area contributed by atoms with Crippen LogP contribution in [0.3, 0.4) is 0 Å². The third kappa shape index (κ3) is 2.23. The van der Waals surface area contributed by atoms with Crippen LogP contribution in [0.25, 0.3) is 0 Å². The van der Waals surface area contributed by atoms with Crippen LogP contribution in [0.2, 0.25) is 0 Å². The highest BCUT2D eigenvalue weighted by Gasteiger charge is 2.08. The Kier molecular flexibility index (Phi) is 2.50. The summed E-state index contributed by atoms with van der Waals surface area (Å²) >= 11 is 0. The molecule has 0 aromatic heterocycles. The molecule has 1 rings (SSSR count). The average molecular weight is 144 g/mol. The van der Waals surface area contributed by atoms with Crippen LogP contribution in [-0.4, -0.2) is 37.1 Å². The Bertz CT molecular complexity index is 125. The molecule has 1 fully saturated rings. The molecule has 1 aliphatic rings. The van der Waals surface area contributed by atoms with E-state index in [-0.39, 0.29) is 0 Å². The summed E-state index contributed by atoms with van der Waals surface area (Å²) in [6.07, 6.45) is 0. The zero-order valence-corrected chi connectivity index (χ0v) is 6.26. The smallest absolute Gasteiger partial charge is 0.260 e. The van der Waals surface area contributed by atoms with Gasteiger partial charge in [-0.05, 0) is 0 Å². The predicted octanol–water partition coefficient (Wildman–Crippen LogP) is -2.31. The van der Waals surface area contributed by atoms with Crippen LogP contribution in [0.5, 0.6) is 0 Å². The minimum Gasteiger partial charge on any atom is -0.377 e. The summed E-state index contributed by atoms with van der Waals surface area (Å²) in [5.41, 5.74) is 5.45. The quantitative estimate of drug-likeness (QED) is 0.321. The molecular weight excluding hydrogens is 130 g/mol. The first kappa shape index (κ1) is 7.34. The van der Waals surface area contributed by atoms with Crippen molar-refractivity contribution in [3.63, 3.8) is 0 Å². The van der Waals surface area contributed by atoms with Crippen molar-refractivity contribution < 1.29 is 9.84 Å². The highest BCUT2D eigenvalue weighted by molar-refractivity contribution is 5.70. The second kappa shape index (κ2) is 3.41. The number of morpholine rings is 1. The third-order valence-electron chi connectivity index (χ3n) is 1.35. The molecule has 1 aliphatic heterocycles. The Hall–Kier alpha value is -0.770. The lowest BCUT2D eigenvalue weighted by Gasteiger charge is -2.21. The van der Waals surface area contributed by atoms with E-state index in [0.29, 0.717) is 0 Å². The number of hydrogen-bond acceptors (Lipinski definition) is 2. The average Bonchev–Trinajstić information content (AvgIpc) is 1.88. The van der Waals surface area contributed by atoms with Crippen molar-refractivity contribution in [2.45, 2.75) is 6.92 Å². The molecule has 1 heterocycles. The van der Waals surface area contributed by atoms with E-state index in [1.54, 1.807) is 0 Å². The molecule has 0 atom stereocenters. The maximum Gasteiger partial charge on any atom is 0.260 e. The number of nitrogens with zero attached hydrogens (tertiary/aromatic N) is 1. The van der Waals surface area contributed by atoms with Gasteiger partial charge >= 0.3 is 0 Å². The summed E-state index contributed by atoms with van der Waals surface area (Å²) in [7, 11) is 0. The van der Waals surface area contributed by atoms with E-state index < -0.39 is 0 Å². The number of hydrazone groups is 1. The van der Waals surface area contributed by atoms with E-state index in [0.717, 1.165) is 32.1 Å². The molecule has 10 heavy (non-hydrogen) atoms. The first-order chi connectivity index (χ1) is 4.79. The van der Waals surface area contributed by atoms with Gasteiger partial charge in [0.25, 0.3) is 5.84 Å². The van der Waals surface area contributed by atoms with Crippen molar-refractivity contribution in [3.05, 3.63) is 0 Å². The van der Waals surface area contributed by atoms with Crippen molar-refractivity contribution >= 4 is 5.84 Å². The van der Waals surface area contributed by atoms with E-state index in [2.05, 4.69) is 10.1 Å². The van der Waals surface area contributed by atoms with Gasteiger partial charge in [0.05, 0.1) is 26.3 Å². The Balaban J connectivity index is 2.33. The molecule has 0 unspecified atom stereocenters. The van der Waals surface area contributed by atoms with Crippen molar-refractivity contribution in [1.82, 2.24) is 5.01 Å². The summed E-state index contributed by atoms with van der Waals surface area (Å²) in [4.78, 5) is 0. The van der Waals surface area contributed by atoms with Crippen molar-refractivity contribution in [1.29, 1.82) is 0 Å². The van der Waals surface area contributed by atoms with Gasteiger partial charge in [0.2, 0.25) is 0 Å². The van der Waals surface area contributed by atoms with Gasteiger partial charge in [0.15, 0.2) is 0 Å². The van der Waals surface area contributed by atoms with Crippen LogP contribution in [0, 0.1) is 0 Å². The monoisotopic (exact) mass is 144 g/mol. The molecule has 3 N–H and O–H groups in total. The number of hydrogen-bond donors (Lipinski definition) is 2. The van der Waals surface area contributed by atoms with E-state index in [1.165, 1.54) is 0 Å². The predicted molar refractivity (Wildman–Crippen MR) is 38.2 cm³/mol. The fraction of sp³-hybridized carbons (Fsp3) is 0.833. The van der Waals surface area contributed by atoms with Crippen LogP contribution in [-0.2, 0) is 4.74 Å². The molecule has 4 nitrogen and oxygen atoms in total. The van der Waals surface area contributed by atoms with Gasteiger partial charge in [0, 0.05) is 6.92 Å². The van der Waals surface area contributed by atoms with Gasteiger partial charge in [-0.15, -0.1) is 0 Å². The molecule has 0 spiro atoms. The topological polar surface area (TPSA) is 52.5 Å². The maximum absolute atomic E-state index is 5.45. The van der Waals surface area contributed by atoms with Gasteiger partial charge in [-0.1, -0.05) is 0 Å². The molecular formula is C6H14N3O+. The van der Waals surface area contributed by atoms with Gasteiger partial charge < -0.3 is 4.74 Å². The fourth-order valence-corrected chi connectivity index (χ4v) is 0.925. The van der Waals surface area contributed by atoms with E-state index in [9.17, 15) is 0 Å². The molecule has 58 valence electrons. The Labute approximate surface area is 60.6 Å². The SMILES string of the molecule is C/C(N)=[NH+]\N1CCOCC1. The Morgan fingerprint density at radius 3 is 2.60 bits per heavy atom. The van der Waals surface area contributed by atoms with Gasteiger partial charge in [-0.3, -0.25) is 5.73 Å². The van der Waals surface area contributed by atoms with Crippen molar-refractivity contribution in [3.8, 4) is 0 Å². The van der Waals surface area contributed by atoms with Gasteiger partial charge in [-0.25, -0.2) is 5.01 Å². The van der Waals surface area contributed by atoms with Gasteiger partial charge in [-0.2, -0.15) is 5.10 Å². The summed E-state index contributed by atoms with van der Waals surface area (Å²) in [6.45, 7) is 5.25. The van der Waals surface area contributed by atoms with Crippen LogP contribution in [0.15, 0.2) is 0 Å². The summed E-state index contributed by atoms with van der Waals surface area (Å²) < 4.78 is 5.15. The highest BCUT2D eigenvalue weighted by Crippen LogP contribution is 1.86. The van der Waals surface area contributed by atoms with Crippen molar-refractivity contribution in [2.24, 2.45) is 5.73 Å². The normalized spacial score (nSPS) is 21.3. The fourth-order valence-electron chi connectivity index (χ4n) is 0.925. The van der Waals surface area contributed by atoms with E-state index in [1.807, 2.05) is 6.92 Å². The Morgan fingerprint density at radius 2 is 2.10 bits per heavy atom. The zero-order chi connectivity index (χ0) is 7.40. The second-order valence-electron chi connectivity index (χ2n) is 2.39. The largest absolute Gasteiger partial charge is 0.377 e. The number of nitrogens with two attached hydrogens (primary N) is 1. The molecule has 0 aromatic carbocycles. The molecule has 0 bridgehead atoms. The van der Waals surface area contributed by atoms with E-state index >= 15 is 0 Å². The molecule has 0 saturated carbocycles. The lowest BCUT2D eigenvalue weighted by atomic mass is 10.5. The number of nitrogens with one attached hydrogen (secondary N) is 1. The summed E-state index contributed by atoms with van der Waals surface area (Å²) in [5.74, 6) is 0.738. The standard InChI is InChI=1S/C6H13N3O/c1-6(7)8-9-2-4-10-5-3-9/h2-5H2,1H3,(H2,7,8)/p+1. The minimum absolute atomic E-state index is 0.738. The Morgan fingerprint density at radius 1 is 1.50 bits per heavy atom. The first-order valence-electron chi connectivity index (χ1n) is 3.47. The second-order valence-corrected chi connectivity index (χ2v) is 2.39.